The van der Waals surface area contributed by atoms with Crippen molar-refractivity contribution in [1.82, 2.24) is 4.98 Å². The summed E-state index contributed by atoms with van der Waals surface area (Å²) in [5, 5.41) is 0. The van der Waals surface area contributed by atoms with E-state index in [1.165, 1.54) is 6.39 Å². The minimum Gasteiger partial charge on any atom is -0.489 e. The lowest BCUT2D eigenvalue weighted by Gasteiger charge is -2.10. The molecule has 3 rings (SSSR count). The third kappa shape index (κ3) is 2.72. The molecule has 0 aliphatic carbocycles. The molecular weight excluding hydrogens is 250 g/mol. The van der Waals surface area contributed by atoms with Gasteiger partial charge >= 0.3 is 0 Å². The maximum atomic E-state index is 5.90. The highest BCUT2D eigenvalue weighted by molar-refractivity contribution is 5.60. The standard InChI is InChI=1S/C17H15NO2/c1-13-7-8-15(17-10-18-12-20-17)9-16(13)19-11-14-5-3-2-4-6-14/h2-10,12H,11H2,1H3. The van der Waals surface area contributed by atoms with E-state index in [-0.39, 0.29) is 0 Å². The number of hydrogen-bond donors (Lipinski definition) is 0. The number of aryl methyl sites for hydroxylation is 1. The lowest BCUT2D eigenvalue weighted by atomic mass is 10.1. The molecule has 0 radical (unpaired) electrons. The van der Waals surface area contributed by atoms with Gasteiger partial charge in [-0.05, 0) is 24.1 Å². The third-order valence-corrected chi connectivity index (χ3v) is 3.14. The zero-order chi connectivity index (χ0) is 13.8. The van der Waals surface area contributed by atoms with Crippen LogP contribution in [-0.2, 0) is 6.61 Å². The van der Waals surface area contributed by atoms with Crippen LogP contribution in [0.2, 0.25) is 0 Å². The first-order chi connectivity index (χ1) is 9.83. The Bertz CT molecular complexity index is 675. The van der Waals surface area contributed by atoms with Crippen molar-refractivity contribution in [2.45, 2.75) is 13.5 Å². The summed E-state index contributed by atoms with van der Waals surface area (Å²) in [4.78, 5) is 3.94. The summed E-state index contributed by atoms with van der Waals surface area (Å²) in [5.41, 5.74) is 3.22. The van der Waals surface area contributed by atoms with Crippen LogP contribution in [0.1, 0.15) is 11.1 Å². The molecule has 2 aromatic carbocycles. The van der Waals surface area contributed by atoms with Crippen molar-refractivity contribution in [2.24, 2.45) is 0 Å². The van der Waals surface area contributed by atoms with Gasteiger partial charge in [-0.3, -0.25) is 0 Å². The lowest BCUT2D eigenvalue weighted by molar-refractivity contribution is 0.304. The maximum Gasteiger partial charge on any atom is 0.181 e. The molecule has 20 heavy (non-hydrogen) atoms. The fraction of sp³-hybridized carbons (Fsp3) is 0.118. The second-order valence-electron chi connectivity index (χ2n) is 4.62. The molecule has 0 saturated heterocycles. The number of aromatic nitrogens is 1. The van der Waals surface area contributed by atoms with Crippen LogP contribution in [0.15, 0.2) is 65.5 Å². The Hall–Kier alpha value is -2.55. The first kappa shape index (κ1) is 12.5. The molecule has 0 spiro atoms. The summed E-state index contributed by atoms with van der Waals surface area (Å²) >= 11 is 0. The quantitative estimate of drug-likeness (QED) is 0.708. The molecule has 0 aliphatic heterocycles. The van der Waals surface area contributed by atoms with Crippen molar-refractivity contribution in [3.05, 3.63) is 72.2 Å². The predicted octanol–water partition coefficient (Wildman–Crippen LogP) is 4.23. The van der Waals surface area contributed by atoms with E-state index < -0.39 is 0 Å². The first-order valence-corrected chi connectivity index (χ1v) is 6.49. The molecule has 3 heteroatoms. The fourth-order valence-corrected chi connectivity index (χ4v) is 2.00. The molecule has 0 N–H and O–H groups in total. The molecule has 0 amide bonds. The second kappa shape index (κ2) is 5.61. The third-order valence-electron chi connectivity index (χ3n) is 3.14. The number of benzene rings is 2. The van der Waals surface area contributed by atoms with Crippen molar-refractivity contribution in [2.75, 3.05) is 0 Å². The second-order valence-corrected chi connectivity index (χ2v) is 4.62. The topological polar surface area (TPSA) is 35.3 Å². The summed E-state index contributed by atoms with van der Waals surface area (Å²) in [6.45, 7) is 2.59. The number of hydrogen-bond acceptors (Lipinski definition) is 3. The lowest BCUT2D eigenvalue weighted by Crippen LogP contribution is -1.97. The first-order valence-electron chi connectivity index (χ1n) is 6.49. The van der Waals surface area contributed by atoms with Crippen molar-refractivity contribution in [3.63, 3.8) is 0 Å². The van der Waals surface area contributed by atoms with E-state index in [4.69, 9.17) is 9.15 Å². The van der Waals surface area contributed by atoms with E-state index in [0.29, 0.717) is 6.61 Å². The molecular formula is C17H15NO2. The van der Waals surface area contributed by atoms with Gasteiger partial charge in [-0.15, -0.1) is 0 Å². The van der Waals surface area contributed by atoms with Gasteiger partial charge in [-0.2, -0.15) is 0 Å². The summed E-state index contributed by atoms with van der Waals surface area (Å²) in [6, 6.07) is 16.1. The van der Waals surface area contributed by atoms with Gasteiger partial charge in [-0.1, -0.05) is 42.5 Å². The molecule has 0 saturated carbocycles. The van der Waals surface area contributed by atoms with Crippen LogP contribution in [0, 0.1) is 6.92 Å². The van der Waals surface area contributed by atoms with Crippen LogP contribution in [-0.4, -0.2) is 4.98 Å². The summed E-state index contributed by atoms with van der Waals surface area (Å²) in [6.07, 6.45) is 3.13. The van der Waals surface area contributed by atoms with Crippen LogP contribution in [0.25, 0.3) is 11.3 Å². The Balaban J connectivity index is 1.80. The highest BCUT2D eigenvalue weighted by Gasteiger charge is 2.06. The van der Waals surface area contributed by atoms with E-state index in [1.54, 1.807) is 6.20 Å². The van der Waals surface area contributed by atoms with Gasteiger partial charge in [0.15, 0.2) is 12.2 Å². The fourth-order valence-electron chi connectivity index (χ4n) is 2.00. The highest BCUT2D eigenvalue weighted by Crippen LogP contribution is 2.27. The van der Waals surface area contributed by atoms with Gasteiger partial charge in [0.25, 0.3) is 0 Å². The van der Waals surface area contributed by atoms with Gasteiger partial charge in [0, 0.05) is 5.56 Å². The van der Waals surface area contributed by atoms with Crippen LogP contribution in [0.4, 0.5) is 0 Å². The predicted molar refractivity (Wildman–Crippen MR) is 77.5 cm³/mol. The molecule has 1 aromatic heterocycles. The van der Waals surface area contributed by atoms with Crippen molar-refractivity contribution >= 4 is 0 Å². The Morgan fingerprint density at radius 2 is 1.95 bits per heavy atom. The average molecular weight is 265 g/mol. The molecule has 100 valence electrons. The highest BCUT2D eigenvalue weighted by atomic mass is 16.5. The maximum absolute atomic E-state index is 5.90. The number of nitrogens with zero attached hydrogens (tertiary/aromatic N) is 1. The van der Waals surface area contributed by atoms with Crippen molar-refractivity contribution < 1.29 is 9.15 Å². The molecule has 3 aromatic rings. The zero-order valence-corrected chi connectivity index (χ0v) is 11.2. The zero-order valence-electron chi connectivity index (χ0n) is 11.2. The Kier molecular flexibility index (Phi) is 3.50. The molecule has 1 heterocycles. The van der Waals surface area contributed by atoms with Crippen LogP contribution >= 0.6 is 0 Å². The van der Waals surface area contributed by atoms with Gasteiger partial charge in [0.05, 0.1) is 6.20 Å². The van der Waals surface area contributed by atoms with E-state index in [2.05, 4.69) is 17.1 Å². The Morgan fingerprint density at radius 1 is 1.10 bits per heavy atom. The molecule has 0 bridgehead atoms. The average Bonchev–Trinajstić information content (AvgIpc) is 3.02. The number of ether oxygens (including phenoxy) is 1. The molecule has 3 nitrogen and oxygen atoms in total. The number of oxazole rings is 1. The van der Waals surface area contributed by atoms with Crippen LogP contribution < -0.4 is 4.74 Å². The van der Waals surface area contributed by atoms with Gasteiger partial charge in [0.1, 0.15) is 12.4 Å². The summed E-state index contributed by atoms with van der Waals surface area (Å²) < 4.78 is 11.2. The van der Waals surface area contributed by atoms with E-state index in [1.807, 2.05) is 43.3 Å². The van der Waals surface area contributed by atoms with Gasteiger partial charge < -0.3 is 9.15 Å². The monoisotopic (exact) mass is 265 g/mol. The van der Waals surface area contributed by atoms with E-state index in [9.17, 15) is 0 Å². The van der Waals surface area contributed by atoms with Crippen molar-refractivity contribution in [1.29, 1.82) is 0 Å². The smallest absolute Gasteiger partial charge is 0.181 e. The normalized spacial score (nSPS) is 10.4. The Morgan fingerprint density at radius 3 is 2.70 bits per heavy atom. The molecule has 0 unspecified atom stereocenters. The van der Waals surface area contributed by atoms with Gasteiger partial charge in [-0.25, -0.2) is 4.98 Å². The SMILES string of the molecule is Cc1ccc(-c2cnco2)cc1OCc1ccccc1. The summed E-state index contributed by atoms with van der Waals surface area (Å²) in [7, 11) is 0. The molecule has 0 atom stereocenters. The van der Waals surface area contributed by atoms with Crippen LogP contribution in [0.3, 0.4) is 0 Å². The minimum absolute atomic E-state index is 0.557. The molecule has 0 fully saturated rings. The van der Waals surface area contributed by atoms with Gasteiger partial charge in [0.2, 0.25) is 0 Å². The molecule has 0 aliphatic rings. The minimum atomic E-state index is 0.557. The Labute approximate surface area is 117 Å². The summed E-state index contributed by atoms with van der Waals surface area (Å²) in [5.74, 6) is 1.61. The largest absolute Gasteiger partial charge is 0.489 e. The van der Waals surface area contributed by atoms with E-state index >= 15 is 0 Å². The van der Waals surface area contributed by atoms with E-state index in [0.717, 1.165) is 28.2 Å². The number of rotatable bonds is 4. The van der Waals surface area contributed by atoms with Crippen molar-refractivity contribution in [3.8, 4) is 17.1 Å². The van der Waals surface area contributed by atoms with Crippen LogP contribution in [0.5, 0.6) is 5.75 Å².